The van der Waals surface area contributed by atoms with Gasteiger partial charge in [0.2, 0.25) is 0 Å². The first-order chi connectivity index (χ1) is 7.79. The number of carboxylic acid groups (broad SMARTS) is 1. The van der Waals surface area contributed by atoms with Crippen LogP contribution in [0.25, 0.3) is 0 Å². The zero-order valence-electron chi connectivity index (χ0n) is 9.96. The van der Waals surface area contributed by atoms with Crippen LogP contribution in [-0.4, -0.2) is 43.7 Å². The van der Waals surface area contributed by atoms with Crippen molar-refractivity contribution in [2.75, 3.05) is 0 Å². The van der Waals surface area contributed by atoms with E-state index in [0.29, 0.717) is 6.42 Å². The normalized spacial score (nSPS) is 46.1. The molecule has 0 saturated heterocycles. The van der Waals surface area contributed by atoms with Gasteiger partial charge in [-0.2, -0.15) is 0 Å². The van der Waals surface area contributed by atoms with Crippen LogP contribution in [0.3, 0.4) is 0 Å². The summed E-state index contributed by atoms with van der Waals surface area (Å²) in [5, 5.41) is 39.6. The summed E-state index contributed by atoms with van der Waals surface area (Å²) in [6.07, 6.45) is 1.06. The molecular formula is C12H20O5. The van der Waals surface area contributed by atoms with Gasteiger partial charge in [-0.25, -0.2) is 0 Å². The van der Waals surface area contributed by atoms with Crippen LogP contribution in [0.5, 0.6) is 0 Å². The summed E-state index contributed by atoms with van der Waals surface area (Å²) in [6, 6.07) is 0. The Labute approximate surface area is 100 Å². The highest BCUT2D eigenvalue weighted by molar-refractivity contribution is 5.69. The molecule has 0 aromatic heterocycles. The topological polar surface area (TPSA) is 98.0 Å². The predicted molar refractivity (Wildman–Crippen MR) is 59.3 cm³/mol. The molecule has 0 radical (unpaired) electrons. The van der Waals surface area contributed by atoms with E-state index in [4.69, 9.17) is 5.11 Å². The van der Waals surface area contributed by atoms with E-state index in [-0.39, 0.29) is 18.3 Å². The highest BCUT2D eigenvalue weighted by atomic mass is 16.4. The third kappa shape index (κ3) is 1.77. The van der Waals surface area contributed by atoms with Gasteiger partial charge in [0.15, 0.2) is 0 Å². The van der Waals surface area contributed by atoms with E-state index in [1.807, 2.05) is 0 Å². The first-order valence-electron chi connectivity index (χ1n) is 6.14. The standard InChI is InChI=1S/C12H20O5/c1-7(13)5-11(16)8-2-3-9(4-8)12(11,17)6-10(14)15/h7-9,13,16-17H,2-6H2,1H3,(H,14,15). The van der Waals surface area contributed by atoms with Crippen molar-refractivity contribution < 1.29 is 25.2 Å². The summed E-state index contributed by atoms with van der Waals surface area (Å²) in [6.45, 7) is 1.55. The Morgan fingerprint density at radius 3 is 2.29 bits per heavy atom. The van der Waals surface area contributed by atoms with Crippen LogP contribution < -0.4 is 0 Å². The Morgan fingerprint density at radius 2 is 1.82 bits per heavy atom. The molecule has 2 saturated carbocycles. The van der Waals surface area contributed by atoms with Crippen molar-refractivity contribution in [3.8, 4) is 0 Å². The van der Waals surface area contributed by atoms with Crippen molar-refractivity contribution in [2.45, 2.75) is 56.3 Å². The lowest BCUT2D eigenvalue weighted by molar-refractivity contribution is -0.203. The average Bonchev–Trinajstić information content (AvgIpc) is 2.68. The van der Waals surface area contributed by atoms with E-state index in [0.717, 1.165) is 12.8 Å². The Balaban J connectivity index is 2.30. The molecule has 4 N–H and O–H groups in total. The quantitative estimate of drug-likeness (QED) is 0.563. The summed E-state index contributed by atoms with van der Waals surface area (Å²) in [5.41, 5.74) is -3.04. The number of carbonyl (C=O) groups is 1. The summed E-state index contributed by atoms with van der Waals surface area (Å²) in [4.78, 5) is 10.9. The molecule has 2 fully saturated rings. The van der Waals surface area contributed by atoms with Crippen LogP contribution in [0.2, 0.25) is 0 Å². The van der Waals surface area contributed by atoms with Crippen molar-refractivity contribution in [3.05, 3.63) is 0 Å². The van der Waals surface area contributed by atoms with E-state index in [1.54, 1.807) is 6.92 Å². The van der Waals surface area contributed by atoms with E-state index >= 15 is 0 Å². The van der Waals surface area contributed by atoms with Crippen LogP contribution in [0.4, 0.5) is 0 Å². The van der Waals surface area contributed by atoms with Gasteiger partial charge >= 0.3 is 5.97 Å². The van der Waals surface area contributed by atoms with Crippen molar-refractivity contribution in [1.82, 2.24) is 0 Å². The number of aliphatic hydroxyl groups excluding tert-OH is 1. The van der Waals surface area contributed by atoms with Crippen molar-refractivity contribution >= 4 is 5.97 Å². The third-order valence-corrected chi connectivity index (χ3v) is 4.56. The lowest BCUT2D eigenvalue weighted by Crippen LogP contribution is -2.60. The molecule has 0 spiro atoms. The molecule has 17 heavy (non-hydrogen) atoms. The molecular weight excluding hydrogens is 224 g/mol. The average molecular weight is 244 g/mol. The van der Waals surface area contributed by atoms with Gasteiger partial charge in [-0.3, -0.25) is 4.79 Å². The largest absolute Gasteiger partial charge is 0.481 e. The summed E-state index contributed by atoms with van der Waals surface area (Å²) >= 11 is 0. The first-order valence-corrected chi connectivity index (χ1v) is 6.14. The lowest BCUT2D eigenvalue weighted by atomic mass is 9.67. The van der Waals surface area contributed by atoms with Gasteiger partial charge in [-0.05, 0) is 38.0 Å². The van der Waals surface area contributed by atoms with E-state index in [1.165, 1.54) is 0 Å². The fraction of sp³-hybridized carbons (Fsp3) is 0.917. The number of fused-ring (bicyclic) bond motifs is 2. The molecule has 0 aromatic rings. The van der Waals surface area contributed by atoms with Gasteiger partial charge in [0.1, 0.15) is 5.60 Å². The van der Waals surface area contributed by atoms with E-state index in [9.17, 15) is 20.1 Å². The molecule has 0 heterocycles. The fourth-order valence-corrected chi connectivity index (χ4v) is 3.88. The van der Waals surface area contributed by atoms with Crippen LogP contribution in [0.15, 0.2) is 0 Å². The highest BCUT2D eigenvalue weighted by Crippen LogP contribution is 2.59. The molecule has 5 atom stereocenters. The molecule has 0 amide bonds. The minimum atomic E-state index is -1.58. The molecule has 0 aliphatic heterocycles. The number of hydrogen-bond acceptors (Lipinski definition) is 4. The molecule has 5 heteroatoms. The minimum Gasteiger partial charge on any atom is -0.481 e. The molecule has 5 nitrogen and oxygen atoms in total. The predicted octanol–water partition coefficient (Wildman–Crippen LogP) is 0.124. The first kappa shape index (κ1) is 12.8. The fourth-order valence-electron chi connectivity index (χ4n) is 3.88. The smallest absolute Gasteiger partial charge is 0.306 e. The van der Waals surface area contributed by atoms with Crippen molar-refractivity contribution in [1.29, 1.82) is 0 Å². The van der Waals surface area contributed by atoms with Crippen LogP contribution >= 0.6 is 0 Å². The Kier molecular flexibility index (Phi) is 2.96. The number of carboxylic acids is 1. The second-order valence-electron chi connectivity index (χ2n) is 5.68. The molecule has 5 unspecified atom stereocenters. The number of aliphatic hydroxyl groups is 3. The molecule has 0 aromatic carbocycles. The monoisotopic (exact) mass is 244 g/mol. The highest BCUT2D eigenvalue weighted by Gasteiger charge is 2.67. The van der Waals surface area contributed by atoms with Crippen molar-refractivity contribution in [3.63, 3.8) is 0 Å². The number of aliphatic carboxylic acids is 1. The zero-order chi connectivity index (χ0) is 12.8. The van der Waals surface area contributed by atoms with Gasteiger partial charge in [0.05, 0.1) is 18.1 Å². The Morgan fingerprint density at radius 1 is 1.29 bits per heavy atom. The maximum Gasteiger partial charge on any atom is 0.306 e. The van der Waals surface area contributed by atoms with E-state index < -0.39 is 29.7 Å². The second kappa shape index (κ2) is 3.93. The maximum absolute atomic E-state index is 10.9. The number of hydrogen-bond donors (Lipinski definition) is 4. The molecule has 2 aliphatic carbocycles. The van der Waals surface area contributed by atoms with Gasteiger partial charge in [-0.15, -0.1) is 0 Å². The maximum atomic E-state index is 10.9. The van der Waals surface area contributed by atoms with Gasteiger partial charge in [0.25, 0.3) is 0 Å². The minimum absolute atomic E-state index is 0.0396. The third-order valence-electron chi connectivity index (χ3n) is 4.56. The van der Waals surface area contributed by atoms with Crippen molar-refractivity contribution in [2.24, 2.45) is 11.8 Å². The second-order valence-corrected chi connectivity index (χ2v) is 5.68. The van der Waals surface area contributed by atoms with Gasteiger partial charge in [-0.1, -0.05) is 0 Å². The molecule has 2 aliphatic rings. The zero-order valence-corrected chi connectivity index (χ0v) is 9.96. The van der Waals surface area contributed by atoms with Gasteiger partial charge in [0, 0.05) is 6.42 Å². The molecule has 2 bridgehead atoms. The Hall–Kier alpha value is -0.650. The van der Waals surface area contributed by atoms with Crippen LogP contribution in [0.1, 0.15) is 39.0 Å². The summed E-state index contributed by atoms with van der Waals surface area (Å²) in [5.74, 6) is -1.36. The van der Waals surface area contributed by atoms with E-state index in [2.05, 4.69) is 0 Å². The number of rotatable bonds is 4. The molecule has 98 valence electrons. The van der Waals surface area contributed by atoms with Crippen LogP contribution in [0, 0.1) is 11.8 Å². The summed E-state index contributed by atoms with van der Waals surface area (Å²) in [7, 11) is 0. The lowest BCUT2D eigenvalue weighted by Gasteiger charge is -2.46. The molecule has 2 rings (SSSR count). The van der Waals surface area contributed by atoms with Crippen LogP contribution in [-0.2, 0) is 4.79 Å². The van der Waals surface area contributed by atoms with Gasteiger partial charge < -0.3 is 20.4 Å². The summed E-state index contributed by atoms with van der Waals surface area (Å²) < 4.78 is 0. The SMILES string of the molecule is CC(O)CC1(O)C2CCC(C2)C1(O)CC(=O)O. The Bertz CT molecular complexity index is 329.